The molecule has 1 unspecified atom stereocenters. The van der Waals surface area contributed by atoms with Crippen LogP contribution in [0.25, 0.3) is 0 Å². The molecular formula is C20H24N2O2S. The van der Waals surface area contributed by atoms with Gasteiger partial charge in [0.25, 0.3) is 5.91 Å². The van der Waals surface area contributed by atoms with Crippen molar-refractivity contribution in [1.29, 1.82) is 0 Å². The molecule has 1 N–H and O–H groups in total. The van der Waals surface area contributed by atoms with Crippen molar-refractivity contribution in [2.75, 3.05) is 19.8 Å². The fourth-order valence-electron chi connectivity index (χ4n) is 2.47. The Bertz CT molecular complexity index is 759. The maximum atomic E-state index is 12.7. The number of carbonyl (C=O) groups excluding carboxylic acids is 2. The predicted molar refractivity (Wildman–Crippen MR) is 103 cm³/mol. The summed E-state index contributed by atoms with van der Waals surface area (Å²) >= 11 is 1.39. The fraction of sp³-hybridized carbons (Fsp3) is 0.300. The minimum Gasteiger partial charge on any atom is -0.348 e. The molecule has 0 saturated heterocycles. The van der Waals surface area contributed by atoms with Crippen molar-refractivity contribution in [2.24, 2.45) is 0 Å². The van der Waals surface area contributed by atoms with E-state index >= 15 is 0 Å². The first-order valence-electron chi connectivity index (χ1n) is 8.18. The molecule has 2 aromatic carbocycles. The molecule has 2 rings (SSSR count). The van der Waals surface area contributed by atoms with Gasteiger partial charge in [-0.1, -0.05) is 36.4 Å². The number of nitrogens with zero attached hydrogens (tertiary/aromatic N) is 1. The lowest BCUT2D eigenvalue weighted by molar-refractivity contribution is -0.125. The molecule has 25 heavy (non-hydrogen) atoms. The van der Waals surface area contributed by atoms with Crippen LogP contribution in [0.5, 0.6) is 0 Å². The topological polar surface area (TPSA) is 49.4 Å². The summed E-state index contributed by atoms with van der Waals surface area (Å²) in [5.41, 5.74) is 2.85. The van der Waals surface area contributed by atoms with Gasteiger partial charge in [0.15, 0.2) is 0 Å². The number of nitrogens with one attached hydrogen (secondary N) is 1. The second-order valence-corrected chi connectivity index (χ2v) is 7.14. The van der Waals surface area contributed by atoms with Crippen LogP contribution >= 0.6 is 11.8 Å². The van der Waals surface area contributed by atoms with E-state index in [4.69, 9.17) is 0 Å². The van der Waals surface area contributed by atoms with E-state index < -0.39 is 0 Å². The Hall–Kier alpha value is -2.27. The van der Waals surface area contributed by atoms with E-state index in [-0.39, 0.29) is 17.9 Å². The maximum Gasteiger partial charge on any atom is 0.252 e. The van der Waals surface area contributed by atoms with Gasteiger partial charge in [-0.15, -0.1) is 11.8 Å². The first-order chi connectivity index (χ1) is 11.9. The molecule has 0 aliphatic heterocycles. The van der Waals surface area contributed by atoms with Crippen molar-refractivity contribution in [2.45, 2.75) is 24.8 Å². The van der Waals surface area contributed by atoms with Gasteiger partial charge in [0.1, 0.15) is 0 Å². The number of aryl methyl sites for hydroxylation is 1. The number of rotatable bonds is 6. The van der Waals surface area contributed by atoms with Crippen LogP contribution in [0, 0.1) is 6.92 Å². The second kappa shape index (κ2) is 8.72. The Balaban J connectivity index is 2.11. The molecule has 5 heteroatoms. The zero-order chi connectivity index (χ0) is 18.4. The number of carbonyl (C=O) groups is 2. The molecule has 2 aromatic rings. The summed E-state index contributed by atoms with van der Waals surface area (Å²) in [7, 11) is 3.46. The lowest BCUT2D eigenvalue weighted by Crippen LogP contribution is -2.28. The SMILES string of the molecule is Cc1ccccc1C(C)NC(=O)c1ccccc1SCC(=O)N(C)C. The maximum absolute atomic E-state index is 12.7. The van der Waals surface area contributed by atoms with Crippen molar-refractivity contribution >= 4 is 23.6 Å². The molecule has 0 aromatic heterocycles. The number of amides is 2. The van der Waals surface area contributed by atoms with Gasteiger partial charge in [-0.25, -0.2) is 0 Å². The first-order valence-corrected chi connectivity index (χ1v) is 9.17. The molecule has 0 fully saturated rings. The van der Waals surface area contributed by atoms with E-state index in [1.165, 1.54) is 11.8 Å². The van der Waals surface area contributed by atoms with Crippen LogP contribution in [0.3, 0.4) is 0 Å². The predicted octanol–water partition coefficient (Wildman–Crippen LogP) is 3.67. The lowest BCUT2D eigenvalue weighted by atomic mass is 10.0. The van der Waals surface area contributed by atoms with E-state index in [1.807, 2.05) is 56.3 Å². The summed E-state index contributed by atoms with van der Waals surface area (Å²) in [4.78, 5) is 26.9. The third-order valence-electron chi connectivity index (χ3n) is 3.98. The molecule has 0 aliphatic rings. The minimum absolute atomic E-state index is 0.0217. The van der Waals surface area contributed by atoms with Crippen LogP contribution in [-0.2, 0) is 4.79 Å². The Labute approximate surface area is 153 Å². The van der Waals surface area contributed by atoms with Crippen LogP contribution in [-0.4, -0.2) is 36.6 Å². The van der Waals surface area contributed by atoms with Crippen LogP contribution in [0.4, 0.5) is 0 Å². The highest BCUT2D eigenvalue weighted by atomic mass is 32.2. The van der Waals surface area contributed by atoms with Crippen LogP contribution < -0.4 is 5.32 Å². The Morgan fingerprint density at radius 1 is 1.08 bits per heavy atom. The molecule has 0 aliphatic carbocycles. The van der Waals surface area contributed by atoms with Crippen molar-refractivity contribution < 1.29 is 9.59 Å². The molecular weight excluding hydrogens is 332 g/mol. The van der Waals surface area contributed by atoms with Gasteiger partial charge >= 0.3 is 0 Å². The normalized spacial score (nSPS) is 11.7. The summed E-state index contributed by atoms with van der Waals surface area (Å²) in [6, 6.07) is 15.3. The fourth-order valence-corrected chi connectivity index (χ4v) is 3.50. The largest absolute Gasteiger partial charge is 0.348 e. The van der Waals surface area contributed by atoms with Gasteiger partial charge in [-0.3, -0.25) is 9.59 Å². The quantitative estimate of drug-likeness (QED) is 0.804. The van der Waals surface area contributed by atoms with E-state index in [0.717, 1.165) is 16.0 Å². The van der Waals surface area contributed by atoms with E-state index in [1.54, 1.807) is 25.1 Å². The van der Waals surface area contributed by atoms with E-state index in [0.29, 0.717) is 11.3 Å². The summed E-state index contributed by atoms with van der Waals surface area (Å²) < 4.78 is 0. The second-order valence-electron chi connectivity index (χ2n) is 6.12. The molecule has 0 heterocycles. The van der Waals surface area contributed by atoms with Gasteiger partial charge in [0.05, 0.1) is 17.4 Å². The molecule has 132 valence electrons. The average Bonchev–Trinajstić information content (AvgIpc) is 2.60. The van der Waals surface area contributed by atoms with Crippen LogP contribution in [0.1, 0.15) is 34.5 Å². The molecule has 2 amide bonds. The zero-order valence-electron chi connectivity index (χ0n) is 15.1. The smallest absolute Gasteiger partial charge is 0.252 e. The van der Waals surface area contributed by atoms with Crippen molar-refractivity contribution in [3.8, 4) is 0 Å². The lowest BCUT2D eigenvalue weighted by Gasteiger charge is -2.18. The summed E-state index contributed by atoms with van der Waals surface area (Å²) in [6.45, 7) is 4.01. The molecule has 1 atom stereocenters. The first kappa shape index (κ1) is 19.1. The summed E-state index contributed by atoms with van der Waals surface area (Å²) in [5, 5.41) is 3.06. The molecule has 4 nitrogen and oxygen atoms in total. The van der Waals surface area contributed by atoms with Gasteiger partial charge in [0, 0.05) is 19.0 Å². The van der Waals surface area contributed by atoms with E-state index in [9.17, 15) is 9.59 Å². The number of hydrogen-bond acceptors (Lipinski definition) is 3. The Morgan fingerprint density at radius 3 is 2.40 bits per heavy atom. The van der Waals surface area contributed by atoms with Gasteiger partial charge in [-0.05, 0) is 37.1 Å². The molecule has 0 radical (unpaired) electrons. The van der Waals surface area contributed by atoms with Crippen molar-refractivity contribution in [3.05, 3.63) is 65.2 Å². The Kier molecular flexibility index (Phi) is 6.65. The third kappa shape index (κ3) is 5.10. The van der Waals surface area contributed by atoms with Crippen LogP contribution in [0.15, 0.2) is 53.4 Å². The highest BCUT2D eigenvalue weighted by molar-refractivity contribution is 8.00. The minimum atomic E-state index is -0.129. The summed E-state index contributed by atoms with van der Waals surface area (Å²) in [5.74, 6) is 0.203. The van der Waals surface area contributed by atoms with Crippen molar-refractivity contribution in [3.63, 3.8) is 0 Å². The zero-order valence-corrected chi connectivity index (χ0v) is 15.9. The van der Waals surface area contributed by atoms with Gasteiger partial charge in [-0.2, -0.15) is 0 Å². The summed E-state index contributed by atoms with van der Waals surface area (Å²) in [6.07, 6.45) is 0. The number of thioether (sulfide) groups is 1. The van der Waals surface area contributed by atoms with Crippen molar-refractivity contribution in [1.82, 2.24) is 10.2 Å². The highest BCUT2D eigenvalue weighted by Gasteiger charge is 2.16. The van der Waals surface area contributed by atoms with E-state index in [2.05, 4.69) is 5.32 Å². The van der Waals surface area contributed by atoms with Gasteiger partial charge < -0.3 is 10.2 Å². The monoisotopic (exact) mass is 356 g/mol. The number of benzene rings is 2. The van der Waals surface area contributed by atoms with Crippen LogP contribution in [0.2, 0.25) is 0 Å². The molecule has 0 saturated carbocycles. The number of hydrogen-bond donors (Lipinski definition) is 1. The van der Waals surface area contributed by atoms with Gasteiger partial charge in [0.2, 0.25) is 5.91 Å². The standard InChI is InChI=1S/C20H24N2O2S/c1-14-9-5-6-10-16(14)15(2)21-20(24)17-11-7-8-12-18(17)25-13-19(23)22(3)4/h5-12,15H,13H2,1-4H3,(H,21,24). The highest BCUT2D eigenvalue weighted by Crippen LogP contribution is 2.24. The average molecular weight is 356 g/mol. The molecule has 0 bridgehead atoms. The molecule has 0 spiro atoms. The third-order valence-corrected chi connectivity index (χ3v) is 5.04. The Morgan fingerprint density at radius 2 is 1.72 bits per heavy atom.